The van der Waals surface area contributed by atoms with Gasteiger partial charge in [0.15, 0.2) is 5.78 Å². The summed E-state index contributed by atoms with van der Waals surface area (Å²) in [6.07, 6.45) is 4.52. The van der Waals surface area contributed by atoms with Crippen LogP contribution in [-0.4, -0.2) is 27.7 Å². The molecule has 0 radical (unpaired) electrons. The fourth-order valence-corrected chi connectivity index (χ4v) is 2.28. The van der Waals surface area contributed by atoms with Gasteiger partial charge in [-0.25, -0.2) is 0 Å². The molecule has 0 bridgehead atoms. The first-order valence-corrected chi connectivity index (χ1v) is 5.48. The summed E-state index contributed by atoms with van der Waals surface area (Å²) in [5, 5.41) is 20.3. The molecule has 0 aromatic heterocycles. The van der Waals surface area contributed by atoms with Crippen LogP contribution in [0.4, 0.5) is 0 Å². The predicted molar refractivity (Wildman–Crippen MR) is 62.9 cm³/mol. The Balaban J connectivity index is 3.16. The van der Waals surface area contributed by atoms with Gasteiger partial charge in [0.2, 0.25) is 0 Å². The van der Waals surface area contributed by atoms with E-state index in [-0.39, 0.29) is 5.78 Å². The second-order valence-electron chi connectivity index (χ2n) is 5.22. The van der Waals surface area contributed by atoms with Gasteiger partial charge in [-0.1, -0.05) is 19.9 Å². The van der Waals surface area contributed by atoms with E-state index in [4.69, 9.17) is 0 Å². The highest BCUT2D eigenvalue weighted by atomic mass is 16.3. The van der Waals surface area contributed by atoms with Crippen molar-refractivity contribution in [2.45, 2.75) is 45.8 Å². The Morgan fingerprint density at radius 3 is 2.56 bits per heavy atom. The zero-order chi connectivity index (χ0) is 12.6. The molecule has 1 aliphatic carbocycles. The van der Waals surface area contributed by atoms with Gasteiger partial charge in [0.25, 0.3) is 0 Å². The first kappa shape index (κ1) is 13.1. The summed E-state index contributed by atoms with van der Waals surface area (Å²) in [5.41, 5.74) is -0.955. The highest BCUT2D eigenvalue weighted by molar-refractivity contribution is 5.87. The van der Waals surface area contributed by atoms with Gasteiger partial charge in [0.1, 0.15) is 5.60 Å². The van der Waals surface area contributed by atoms with Crippen molar-refractivity contribution in [1.29, 1.82) is 0 Å². The Bertz CT molecular complexity index is 352. The lowest BCUT2D eigenvalue weighted by atomic mass is 9.64. The molecule has 0 unspecified atom stereocenters. The van der Waals surface area contributed by atoms with Crippen LogP contribution in [0.3, 0.4) is 0 Å². The number of ketones is 1. The van der Waals surface area contributed by atoms with Crippen LogP contribution in [0.5, 0.6) is 0 Å². The van der Waals surface area contributed by atoms with Gasteiger partial charge in [-0.2, -0.15) is 0 Å². The van der Waals surface area contributed by atoms with Gasteiger partial charge < -0.3 is 10.2 Å². The Morgan fingerprint density at radius 2 is 2.12 bits per heavy atom. The average molecular weight is 224 g/mol. The SMILES string of the molecule is CC(=O)/C=C/[C@]1(O)C(C)=C[C@H](O)CC1(C)C. The van der Waals surface area contributed by atoms with Gasteiger partial charge in [-0.15, -0.1) is 0 Å². The molecule has 3 heteroatoms. The minimum atomic E-state index is -1.15. The zero-order valence-corrected chi connectivity index (χ0v) is 10.3. The summed E-state index contributed by atoms with van der Waals surface area (Å²) >= 11 is 0. The number of aliphatic hydroxyl groups is 2. The Morgan fingerprint density at radius 1 is 1.56 bits per heavy atom. The van der Waals surface area contributed by atoms with Gasteiger partial charge in [-0.3, -0.25) is 4.79 Å². The molecule has 0 amide bonds. The molecular weight excluding hydrogens is 204 g/mol. The molecule has 0 fully saturated rings. The molecule has 1 aliphatic rings. The van der Waals surface area contributed by atoms with Gasteiger partial charge in [-0.05, 0) is 38.0 Å². The number of rotatable bonds is 2. The molecule has 2 atom stereocenters. The monoisotopic (exact) mass is 224 g/mol. The van der Waals surface area contributed by atoms with E-state index in [2.05, 4.69) is 0 Å². The largest absolute Gasteiger partial charge is 0.389 e. The first-order valence-electron chi connectivity index (χ1n) is 5.48. The summed E-state index contributed by atoms with van der Waals surface area (Å²) in [4.78, 5) is 10.9. The summed E-state index contributed by atoms with van der Waals surface area (Å²) in [6, 6.07) is 0. The molecule has 90 valence electrons. The van der Waals surface area contributed by atoms with Crippen LogP contribution < -0.4 is 0 Å². The molecule has 0 aliphatic heterocycles. The lowest BCUT2D eigenvalue weighted by Gasteiger charge is -2.46. The van der Waals surface area contributed by atoms with Crippen molar-refractivity contribution in [3.63, 3.8) is 0 Å². The minimum absolute atomic E-state index is 0.0943. The molecule has 2 N–H and O–H groups in total. The van der Waals surface area contributed by atoms with Gasteiger partial charge >= 0.3 is 0 Å². The van der Waals surface area contributed by atoms with E-state index in [1.165, 1.54) is 19.1 Å². The highest BCUT2D eigenvalue weighted by Gasteiger charge is 2.46. The fourth-order valence-electron chi connectivity index (χ4n) is 2.28. The second kappa shape index (κ2) is 4.15. The van der Waals surface area contributed by atoms with E-state index < -0.39 is 17.1 Å². The quantitative estimate of drug-likeness (QED) is 0.553. The van der Waals surface area contributed by atoms with Crippen LogP contribution in [0.1, 0.15) is 34.1 Å². The van der Waals surface area contributed by atoms with E-state index in [1.807, 2.05) is 13.8 Å². The Kier molecular flexibility index (Phi) is 3.41. The van der Waals surface area contributed by atoms with Crippen LogP contribution in [0, 0.1) is 5.41 Å². The number of hydrogen-bond donors (Lipinski definition) is 2. The van der Waals surface area contributed by atoms with E-state index in [0.717, 1.165) is 0 Å². The number of carbonyl (C=O) groups is 1. The molecule has 16 heavy (non-hydrogen) atoms. The molecule has 1 rings (SSSR count). The third kappa shape index (κ3) is 2.25. The van der Waals surface area contributed by atoms with Crippen LogP contribution in [0.15, 0.2) is 23.8 Å². The smallest absolute Gasteiger partial charge is 0.152 e. The second-order valence-corrected chi connectivity index (χ2v) is 5.22. The lowest BCUT2D eigenvalue weighted by Crippen LogP contribution is -2.48. The molecular formula is C13H20O3. The van der Waals surface area contributed by atoms with Crippen LogP contribution in [0.25, 0.3) is 0 Å². The fraction of sp³-hybridized carbons (Fsp3) is 0.615. The van der Waals surface area contributed by atoms with Crippen LogP contribution in [0.2, 0.25) is 0 Å². The van der Waals surface area contributed by atoms with Crippen molar-refractivity contribution in [3.05, 3.63) is 23.8 Å². The molecule has 0 spiro atoms. The summed E-state index contributed by atoms with van der Waals surface area (Å²) in [6.45, 7) is 6.99. The first-order chi connectivity index (χ1) is 7.19. The molecule has 0 heterocycles. The number of hydrogen-bond acceptors (Lipinski definition) is 3. The summed E-state index contributed by atoms with van der Waals surface area (Å²) in [7, 11) is 0. The zero-order valence-electron chi connectivity index (χ0n) is 10.3. The van der Waals surface area contributed by atoms with Gasteiger partial charge in [0, 0.05) is 5.41 Å². The third-order valence-corrected chi connectivity index (χ3v) is 3.35. The molecule has 0 aromatic rings. The van der Waals surface area contributed by atoms with Crippen molar-refractivity contribution in [2.24, 2.45) is 5.41 Å². The maximum Gasteiger partial charge on any atom is 0.152 e. The van der Waals surface area contributed by atoms with E-state index in [0.29, 0.717) is 12.0 Å². The van der Waals surface area contributed by atoms with Crippen molar-refractivity contribution in [1.82, 2.24) is 0 Å². The summed E-state index contributed by atoms with van der Waals surface area (Å²) in [5.74, 6) is -0.0943. The summed E-state index contributed by atoms with van der Waals surface area (Å²) < 4.78 is 0. The predicted octanol–water partition coefficient (Wildman–Crippen LogP) is 1.60. The van der Waals surface area contributed by atoms with Crippen molar-refractivity contribution < 1.29 is 15.0 Å². The maximum atomic E-state index is 10.9. The standard InChI is InChI=1S/C13H20O3/c1-9-7-11(15)8-12(3,4)13(9,16)6-5-10(2)14/h5-7,11,15-16H,8H2,1-4H3/b6-5+/t11-,13-/m0/s1. The van der Waals surface area contributed by atoms with E-state index in [1.54, 1.807) is 13.0 Å². The molecule has 3 nitrogen and oxygen atoms in total. The Hall–Kier alpha value is -0.930. The highest BCUT2D eigenvalue weighted by Crippen LogP contribution is 2.45. The number of carbonyl (C=O) groups excluding carboxylic acids is 1. The van der Waals surface area contributed by atoms with Crippen LogP contribution in [-0.2, 0) is 4.79 Å². The average Bonchev–Trinajstić information content (AvgIpc) is 2.10. The lowest BCUT2D eigenvalue weighted by molar-refractivity contribution is -0.112. The van der Waals surface area contributed by atoms with Gasteiger partial charge in [0.05, 0.1) is 6.10 Å². The van der Waals surface area contributed by atoms with E-state index in [9.17, 15) is 15.0 Å². The van der Waals surface area contributed by atoms with E-state index >= 15 is 0 Å². The molecule has 0 aromatic carbocycles. The molecule has 0 saturated heterocycles. The number of aliphatic hydroxyl groups excluding tert-OH is 1. The topological polar surface area (TPSA) is 57.5 Å². The molecule has 0 saturated carbocycles. The van der Waals surface area contributed by atoms with Crippen molar-refractivity contribution >= 4 is 5.78 Å². The normalized spacial score (nSPS) is 33.9. The Labute approximate surface area is 96.5 Å². The van der Waals surface area contributed by atoms with Crippen molar-refractivity contribution in [3.8, 4) is 0 Å². The minimum Gasteiger partial charge on any atom is -0.389 e. The maximum absolute atomic E-state index is 10.9. The van der Waals surface area contributed by atoms with Crippen LogP contribution >= 0.6 is 0 Å². The number of allylic oxidation sites excluding steroid dienone is 1. The van der Waals surface area contributed by atoms with Crippen molar-refractivity contribution in [2.75, 3.05) is 0 Å². The third-order valence-electron chi connectivity index (χ3n) is 3.35.